The second-order valence-corrected chi connectivity index (χ2v) is 3.67. The largest absolute Gasteiger partial charge is 0.489 e. The molecule has 1 unspecified atom stereocenters. The molecule has 0 radical (unpaired) electrons. The molecule has 1 atom stereocenters. The Morgan fingerprint density at radius 2 is 1.74 bits per heavy atom. The van der Waals surface area contributed by atoms with Crippen LogP contribution in [-0.2, 0) is 23.7 Å². The average Bonchev–Trinajstić information content (AvgIpc) is 2.42. The number of hydrogen-bond donors (Lipinski definition) is 0. The summed E-state index contributed by atoms with van der Waals surface area (Å²) in [5.41, 5.74) is 0. The van der Waals surface area contributed by atoms with Crippen LogP contribution in [0.4, 0.5) is 0 Å². The van der Waals surface area contributed by atoms with Gasteiger partial charge in [0.25, 0.3) is 5.78 Å². The second kappa shape index (κ2) is 7.11. The van der Waals surface area contributed by atoms with Crippen molar-refractivity contribution in [3.05, 3.63) is 36.8 Å². The third kappa shape index (κ3) is 2.88. The first-order valence-electron chi connectivity index (χ1n) is 6.22. The van der Waals surface area contributed by atoms with Crippen molar-refractivity contribution in [3.63, 3.8) is 0 Å². The fraction of sp³-hybridized carbons (Fsp3) is 0.500. The van der Waals surface area contributed by atoms with Crippen LogP contribution in [0.2, 0.25) is 0 Å². The summed E-state index contributed by atoms with van der Waals surface area (Å²) in [5.74, 6) is -1.44. The third-order valence-electron chi connectivity index (χ3n) is 2.40. The van der Waals surface area contributed by atoms with Gasteiger partial charge in [-0.25, -0.2) is 0 Å². The predicted octanol–water partition coefficient (Wildman–Crippen LogP) is 1.96. The molecule has 0 amide bonds. The molecule has 0 aliphatic heterocycles. The average molecular weight is 268 g/mol. The number of Topliss-reactive ketones (excluding diaryl/α,β-unsaturated/α-hetero) is 1. The van der Waals surface area contributed by atoms with Crippen LogP contribution in [0.3, 0.4) is 0 Å². The summed E-state index contributed by atoms with van der Waals surface area (Å²) in [6.45, 7) is 11.8. The molecule has 0 fully saturated rings. The maximum atomic E-state index is 12.2. The van der Waals surface area contributed by atoms with Crippen LogP contribution in [0, 0.1) is 0 Å². The van der Waals surface area contributed by atoms with Crippen molar-refractivity contribution in [2.75, 3.05) is 26.4 Å². The van der Waals surface area contributed by atoms with E-state index >= 15 is 0 Å². The van der Waals surface area contributed by atoms with Gasteiger partial charge in [0, 0.05) is 6.61 Å². The van der Waals surface area contributed by atoms with Crippen molar-refractivity contribution in [3.8, 4) is 0 Å². The molecule has 0 bridgehead atoms. The van der Waals surface area contributed by atoms with E-state index in [2.05, 4.69) is 13.2 Å². The van der Waals surface area contributed by atoms with Crippen molar-refractivity contribution in [2.24, 2.45) is 0 Å². The molecule has 0 spiro atoms. The molecule has 0 N–H and O–H groups in total. The fourth-order valence-electron chi connectivity index (χ4n) is 1.70. The number of hydrogen-bond acceptors (Lipinski definition) is 5. The maximum Gasteiger partial charge on any atom is 0.301 e. The molecule has 0 aromatic heterocycles. The summed E-state index contributed by atoms with van der Waals surface area (Å²) >= 11 is 0. The van der Waals surface area contributed by atoms with Gasteiger partial charge in [-0.1, -0.05) is 18.7 Å². The van der Waals surface area contributed by atoms with E-state index in [0.717, 1.165) is 0 Å². The highest BCUT2D eigenvalue weighted by Crippen LogP contribution is 2.41. The number of ether oxygens (including phenoxy) is 4. The van der Waals surface area contributed by atoms with Gasteiger partial charge in [0.1, 0.15) is 6.61 Å². The maximum absolute atomic E-state index is 12.2. The normalized spacial score (nSPS) is 21.9. The van der Waals surface area contributed by atoms with Gasteiger partial charge in [-0.3, -0.25) is 4.79 Å². The van der Waals surface area contributed by atoms with Crippen molar-refractivity contribution >= 4 is 5.78 Å². The van der Waals surface area contributed by atoms with E-state index in [1.807, 2.05) is 6.92 Å². The van der Waals surface area contributed by atoms with Crippen LogP contribution in [-0.4, -0.2) is 38.0 Å². The third-order valence-corrected chi connectivity index (χ3v) is 2.40. The number of carbonyl (C=O) groups is 1. The Labute approximate surface area is 113 Å². The molecule has 0 aromatic carbocycles. The summed E-state index contributed by atoms with van der Waals surface area (Å²) < 4.78 is 21.6. The van der Waals surface area contributed by atoms with E-state index in [9.17, 15) is 4.79 Å². The molecule has 1 rings (SSSR count). The van der Waals surface area contributed by atoms with Gasteiger partial charge in [0.15, 0.2) is 0 Å². The predicted molar refractivity (Wildman–Crippen MR) is 70.3 cm³/mol. The van der Waals surface area contributed by atoms with E-state index < -0.39 is 5.79 Å². The van der Waals surface area contributed by atoms with Crippen molar-refractivity contribution in [2.45, 2.75) is 19.6 Å². The fourth-order valence-corrected chi connectivity index (χ4v) is 1.70. The zero-order valence-corrected chi connectivity index (χ0v) is 11.4. The van der Waals surface area contributed by atoms with Crippen LogP contribution in [0.5, 0.6) is 0 Å². The van der Waals surface area contributed by atoms with E-state index in [0.29, 0.717) is 13.2 Å². The lowest BCUT2D eigenvalue weighted by Gasteiger charge is -2.40. The molecule has 0 heterocycles. The van der Waals surface area contributed by atoms with E-state index in [-0.39, 0.29) is 30.5 Å². The van der Waals surface area contributed by atoms with Crippen LogP contribution < -0.4 is 0 Å². The first kappa shape index (κ1) is 15.5. The van der Waals surface area contributed by atoms with Gasteiger partial charge in [0.05, 0.1) is 13.2 Å². The lowest BCUT2D eigenvalue weighted by atomic mass is 9.94. The van der Waals surface area contributed by atoms with Gasteiger partial charge in [-0.15, -0.1) is 6.58 Å². The summed E-state index contributed by atoms with van der Waals surface area (Å²) in [7, 11) is 0. The Bertz CT molecular complexity index is 385. The highest BCUT2D eigenvalue weighted by atomic mass is 16.7. The minimum absolute atomic E-state index is 0.138. The second-order valence-electron chi connectivity index (χ2n) is 3.67. The number of carbonyl (C=O) groups excluding carboxylic acids is 1. The van der Waals surface area contributed by atoms with Gasteiger partial charge >= 0.3 is 5.79 Å². The highest BCUT2D eigenvalue weighted by molar-refractivity contribution is 6.09. The summed E-state index contributed by atoms with van der Waals surface area (Å²) in [4.78, 5) is 12.2. The van der Waals surface area contributed by atoms with Gasteiger partial charge in [-0.2, -0.15) is 0 Å². The molecular formula is C14H20O5. The molecule has 1 aliphatic rings. The van der Waals surface area contributed by atoms with Crippen LogP contribution >= 0.6 is 0 Å². The molecular weight excluding hydrogens is 248 g/mol. The Kier molecular flexibility index (Phi) is 5.79. The molecule has 5 heteroatoms. The first-order valence-corrected chi connectivity index (χ1v) is 6.22. The standard InChI is InChI=1S/C14H20O5/c1-5-9-17-11-12(15)14(18-8-4,19-10-6-2)13(11)16-7-3/h5-6H,1-2,7-10H2,3-4H3. The molecule has 19 heavy (non-hydrogen) atoms. The van der Waals surface area contributed by atoms with Gasteiger partial charge in [0.2, 0.25) is 11.5 Å². The summed E-state index contributed by atoms with van der Waals surface area (Å²) in [6, 6.07) is 0. The van der Waals surface area contributed by atoms with E-state index in [1.54, 1.807) is 19.1 Å². The minimum Gasteiger partial charge on any atom is -0.489 e. The summed E-state index contributed by atoms with van der Waals surface area (Å²) in [5, 5.41) is 0. The SMILES string of the molecule is C=CCOC1=C(OCC)C(OCC)(OCC=C)C1=O. The number of rotatable bonds is 10. The van der Waals surface area contributed by atoms with Crippen molar-refractivity contribution in [1.29, 1.82) is 0 Å². The van der Waals surface area contributed by atoms with Gasteiger partial charge < -0.3 is 18.9 Å². The van der Waals surface area contributed by atoms with Crippen molar-refractivity contribution in [1.82, 2.24) is 0 Å². The van der Waals surface area contributed by atoms with E-state index in [4.69, 9.17) is 18.9 Å². The van der Waals surface area contributed by atoms with E-state index in [1.165, 1.54) is 0 Å². The minimum atomic E-state index is -1.49. The van der Waals surface area contributed by atoms with Crippen LogP contribution in [0.25, 0.3) is 0 Å². The Hall–Kier alpha value is -1.59. The first-order chi connectivity index (χ1) is 9.17. The lowest BCUT2D eigenvalue weighted by molar-refractivity contribution is -0.234. The molecule has 0 aromatic rings. The Morgan fingerprint density at radius 3 is 2.26 bits per heavy atom. The zero-order chi connectivity index (χ0) is 14.3. The zero-order valence-electron chi connectivity index (χ0n) is 11.4. The topological polar surface area (TPSA) is 54.0 Å². The monoisotopic (exact) mass is 268 g/mol. The van der Waals surface area contributed by atoms with Crippen LogP contribution in [0.15, 0.2) is 36.8 Å². The molecule has 0 saturated heterocycles. The molecule has 106 valence electrons. The van der Waals surface area contributed by atoms with Gasteiger partial charge in [-0.05, 0) is 13.8 Å². The molecule has 5 nitrogen and oxygen atoms in total. The molecule has 0 saturated carbocycles. The van der Waals surface area contributed by atoms with Crippen molar-refractivity contribution < 1.29 is 23.7 Å². The smallest absolute Gasteiger partial charge is 0.301 e. The van der Waals surface area contributed by atoms with Crippen LogP contribution in [0.1, 0.15) is 13.8 Å². The quantitative estimate of drug-likeness (QED) is 0.448. The Balaban J connectivity index is 3.01. The molecule has 1 aliphatic carbocycles. The Morgan fingerprint density at radius 1 is 1.05 bits per heavy atom. The number of ketones is 1. The summed E-state index contributed by atoms with van der Waals surface area (Å²) in [6.07, 6.45) is 3.09. The highest BCUT2D eigenvalue weighted by Gasteiger charge is 2.60. The lowest BCUT2D eigenvalue weighted by Crippen LogP contribution is -2.56.